The summed E-state index contributed by atoms with van der Waals surface area (Å²) in [5, 5.41) is 10.8. The molecule has 3 aromatic rings. The average Bonchev–Trinajstić information content (AvgIpc) is 3.06. The Morgan fingerprint density at radius 2 is 2.04 bits per heavy atom. The lowest BCUT2D eigenvalue weighted by atomic mass is 10.3. The van der Waals surface area contributed by atoms with E-state index in [1.165, 1.54) is 18.2 Å². The molecule has 1 N–H and O–H groups in total. The molecule has 0 bridgehead atoms. The smallest absolute Gasteiger partial charge is 0.277 e. The maximum atomic E-state index is 13.6. The van der Waals surface area contributed by atoms with Crippen molar-refractivity contribution in [2.45, 2.75) is 5.22 Å². The van der Waals surface area contributed by atoms with Crippen molar-refractivity contribution in [1.29, 1.82) is 0 Å². The molecular formula is C15H10ClFN4O2S. The number of nitrogens with zero attached hydrogens (tertiary/aromatic N) is 3. The molecule has 122 valence electrons. The predicted octanol–water partition coefficient (Wildman–Crippen LogP) is 3.65. The molecule has 0 radical (unpaired) electrons. The van der Waals surface area contributed by atoms with E-state index in [1.54, 1.807) is 24.5 Å². The van der Waals surface area contributed by atoms with Crippen LogP contribution in [0.3, 0.4) is 0 Å². The third kappa shape index (κ3) is 4.09. The number of nitrogens with one attached hydrogen (secondary N) is 1. The molecule has 0 unspecified atom stereocenters. The van der Waals surface area contributed by atoms with E-state index < -0.39 is 11.7 Å². The van der Waals surface area contributed by atoms with Gasteiger partial charge in [-0.25, -0.2) is 4.39 Å². The maximum absolute atomic E-state index is 13.6. The quantitative estimate of drug-likeness (QED) is 0.696. The number of rotatable bonds is 5. The average molecular weight is 365 g/mol. The number of hydrogen-bond donors (Lipinski definition) is 1. The molecule has 2 aromatic heterocycles. The molecule has 0 aliphatic rings. The zero-order valence-electron chi connectivity index (χ0n) is 12.1. The normalized spacial score (nSPS) is 10.6. The largest absolute Gasteiger partial charge is 0.411 e. The van der Waals surface area contributed by atoms with Crippen molar-refractivity contribution < 1.29 is 13.6 Å². The topological polar surface area (TPSA) is 80.9 Å². The van der Waals surface area contributed by atoms with Crippen LogP contribution < -0.4 is 5.32 Å². The van der Waals surface area contributed by atoms with E-state index in [1.807, 2.05) is 0 Å². The number of carbonyl (C=O) groups excluding carboxylic acids is 1. The summed E-state index contributed by atoms with van der Waals surface area (Å²) >= 11 is 6.82. The third-order valence-corrected chi connectivity index (χ3v) is 3.92. The molecule has 3 rings (SSSR count). The number of anilines is 1. The van der Waals surface area contributed by atoms with E-state index in [9.17, 15) is 9.18 Å². The van der Waals surface area contributed by atoms with Crippen molar-refractivity contribution in [3.63, 3.8) is 0 Å². The van der Waals surface area contributed by atoms with Gasteiger partial charge in [0, 0.05) is 23.0 Å². The van der Waals surface area contributed by atoms with Gasteiger partial charge in [-0.1, -0.05) is 23.4 Å². The van der Waals surface area contributed by atoms with Crippen LogP contribution in [0.25, 0.3) is 11.5 Å². The highest BCUT2D eigenvalue weighted by Crippen LogP contribution is 2.23. The van der Waals surface area contributed by atoms with Crippen LogP contribution in [0.2, 0.25) is 5.02 Å². The van der Waals surface area contributed by atoms with E-state index in [0.29, 0.717) is 10.9 Å². The maximum Gasteiger partial charge on any atom is 0.277 e. The zero-order valence-corrected chi connectivity index (χ0v) is 13.6. The van der Waals surface area contributed by atoms with Crippen molar-refractivity contribution in [1.82, 2.24) is 15.2 Å². The van der Waals surface area contributed by atoms with Gasteiger partial charge in [-0.2, -0.15) is 0 Å². The Balaban J connectivity index is 1.59. The Morgan fingerprint density at radius 3 is 2.83 bits per heavy atom. The first-order valence-corrected chi connectivity index (χ1v) is 8.10. The third-order valence-electron chi connectivity index (χ3n) is 2.86. The van der Waals surface area contributed by atoms with Gasteiger partial charge in [0.25, 0.3) is 5.22 Å². The number of aromatic nitrogens is 3. The number of amides is 1. The summed E-state index contributed by atoms with van der Waals surface area (Å²) in [7, 11) is 0. The molecule has 0 aliphatic carbocycles. The molecule has 24 heavy (non-hydrogen) atoms. The highest BCUT2D eigenvalue weighted by Gasteiger charge is 2.12. The van der Waals surface area contributed by atoms with Gasteiger partial charge >= 0.3 is 0 Å². The molecule has 1 aromatic carbocycles. The van der Waals surface area contributed by atoms with Gasteiger partial charge in [0.2, 0.25) is 11.8 Å². The van der Waals surface area contributed by atoms with Gasteiger partial charge in [-0.15, -0.1) is 10.2 Å². The minimum absolute atomic E-state index is 0.00999. The molecule has 0 atom stereocenters. The summed E-state index contributed by atoms with van der Waals surface area (Å²) in [6.45, 7) is 0. The Morgan fingerprint density at radius 1 is 1.25 bits per heavy atom. The summed E-state index contributed by atoms with van der Waals surface area (Å²) in [6.07, 6.45) is 3.22. The van der Waals surface area contributed by atoms with Crippen LogP contribution in [0.15, 0.2) is 52.4 Å². The summed E-state index contributed by atoms with van der Waals surface area (Å²) in [5.41, 5.74) is 0.755. The number of thioether (sulfide) groups is 1. The first-order chi connectivity index (χ1) is 11.6. The van der Waals surface area contributed by atoms with Crippen LogP contribution in [0.1, 0.15) is 0 Å². The number of carbonyl (C=O) groups is 1. The molecule has 0 spiro atoms. The molecule has 0 saturated heterocycles. The number of hydrogen-bond acceptors (Lipinski definition) is 6. The summed E-state index contributed by atoms with van der Waals surface area (Å²) in [4.78, 5) is 15.8. The number of halogens is 2. The molecule has 0 aliphatic heterocycles. The van der Waals surface area contributed by atoms with Gasteiger partial charge in [0.1, 0.15) is 5.82 Å². The zero-order chi connectivity index (χ0) is 16.9. The van der Waals surface area contributed by atoms with E-state index in [-0.39, 0.29) is 16.7 Å². The summed E-state index contributed by atoms with van der Waals surface area (Å²) in [6, 6.07) is 7.39. The molecular weight excluding hydrogens is 355 g/mol. The SMILES string of the molecule is O=C(CSc1nnc(-c2ccncc2)o1)Nc1cc(Cl)ccc1F. The first-order valence-electron chi connectivity index (χ1n) is 6.73. The molecule has 2 heterocycles. The second kappa shape index (κ2) is 7.41. The highest BCUT2D eigenvalue weighted by atomic mass is 35.5. The summed E-state index contributed by atoms with van der Waals surface area (Å²) < 4.78 is 19.0. The lowest BCUT2D eigenvalue weighted by Gasteiger charge is -2.05. The second-order valence-electron chi connectivity index (χ2n) is 4.57. The second-order valence-corrected chi connectivity index (χ2v) is 5.93. The Bertz CT molecular complexity index is 860. The van der Waals surface area contributed by atoms with Crippen LogP contribution in [-0.2, 0) is 4.79 Å². The van der Waals surface area contributed by atoms with E-state index in [4.69, 9.17) is 16.0 Å². The van der Waals surface area contributed by atoms with E-state index >= 15 is 0 Å². The highest BCUT2D eigenvalue weighted by molar-refractivity contribution is 7.99. The Labute approximate surface area is 145 Å². The molecule has 1 amide bonds. The molecule has 0 fully saturated rings. The van der Waals surface area contributed by atoms with Crippen LogP contribution in [-0.4, -0.2) is 26.8 Å². The fourth-order valence-corrected chi connectivity index (χ4v) is 2.52. The summed E-state index contributed by atoms with van der Waals surface area (Å²) in [5.74, 6) is -0.647. The van der Waals surface area contributed by atoms with E-state index in [2.05, 4.69) is 20.5 Å². The van der Waals surface area contributed by atoms with Crippen LogP contribution >= 0.6 is 23.4 Å². The van der Waals surface area contributed by atoms with Crippen molar-refractivity contribution in [2.24, 2.45) is 0 Å². The fourth-order valence-electron chi connectivity index (χ4n) is 1.79. The monoisotopic (exact) mass is 364 g/mol. The van der Waals surface area contributed by atoms with E-state index in [0.717, 1.165) is 17.3 Å². The molecule has 6 nitrogen and oxygen atoms in total. The van der Waals surface area contributed by atoms with Gasteiger partial charge < -0.3 is 9.73 Å². The Kier molecular flexibility index (Phi) is 5.07. The standard InChI is InChI=1S/C15H10ClFN4O2S/c16-10-1-2-11(17)12(7-10)19-13(22)8-24-15-21-20-14(23-15)9-3-5-18-6-4-9/h1-7H,8H2,(H,19,22). The van der Waals surface area contributed by atoms with Gasteiger partial charge in [0.15, 0.2) is 0 Å². The minimum atomic E-state index is -0.560. The van der Waals surface area contributed by atoms with Crippen molar-refractivity contribution in [2.75, 3.05) is 11.1 Å². The Hall–Kier alpha value is -2.45. The van der Waals surface area contributed by atoms with Crippen molar-refractivity contribution >= 4 is 35.0 Å². The van der Waals surface area contributed by atoms with Crippen LogP contribution in [0.5, 0.6) is 0 Å². The van der Waals surface area contributed by atoms with Gasteiger partial charge in [-0.3, -0.25) is 9.78 Å². The first kappa shape index (κ1) is 16.4. The fraction of sp³-hybridized carbons (Fsp3) is 0.0667. The lowest BCUT2D eigenvalue weighted by molar-refractivity contribution is -0.113. The number of pyridine rings is 1. The molecule has 0 saturated carbocycles. The minimum Gasteiger partial charge on any atom is -0.411 e. The number of benzene rings is 1. The van der Waals surface area contributed by atoms with Crippen molar-refractivity contribution in [3.8, 4) is 11.5 Å². The van der Waals surface area contributed by atoms with Crippen molar-refractivity contribution in [3.05, 3.63) is 53.6 Å². The van der Waals surface area contributed by atoms with Gasteiger partial charge in [-0.05, 0) is 30.3 Å². The van der Waals surface area contributed by atoms with Gasteiger partial charge in [0.05, 0.1) is 11.4 Å². The lowest BCUT2D eigenvalue weighted by Crippen LogP contribution is -2.15. The van der Waals surface area contributed by atoms with Crippen LogP contribution in [0, 0.1) is 5.82 Å². The van der Waals surface area contributed by atoms with Crippen LogP contribution in [0.4, 0.5) is 10.1 Å². The molecule has 9 heteroatoms. The predicted molar refractivity (Wildman–Crippen MR) is 88.3 cm³/mol.